The minimum atomic E-state index is 0.315. The fourth-order valence-electron chi connectivity index (χ4n) is 1.74. The Kier molecular flexibility index (Phi) is 4.70. The number of nitrogens with two attached hydrogens (primary N) is 1. The van der Waals surface area contributed by atoms with E-state index in [0.717, 1.165) is 6.54 Å². The molecule has 1 atom stereocenters. The van der Waals surface area contributed by atoms with E-state index in [1.807, 2.05) is 0 Å². The monoisotopic (exact) mass is 186 g/mol. The first-order chi connectivity index (χ1) is 6.22. The van der Waals surface area contributed by atoms with Crippen molar-refractivity contribution in [1.82, 2.24) is 5.32 Å². The van der Waals surface area contributed by atoms with Crippen LogP contribution in [0.2, 0.25) is 0 Å². The fourth-order valence-corrected chi connectivity index (χ4v) is 1.74. The molecule has 1 aliphatic rings. The second-order valence-corrected chi connectivity index (χ2v) is 4.07. The van der Waals surface area contributed by atoms with Gasteiger partial charge in [-0.2, -0.15) is 0 Å². The molecule has 1 rings (SSSR count). The van der Waals surface area contributed by atoms with Crippen LogP contribution in [0.25, 0.3) is 0 Å². The van der Waals surface area contributed by atoms with Crippen molar-refractivity contribution < 1.29 is 4.74 Å². The van der Waals surface area contributed by atoms with Gasteiger partial charge in [0, 0.05) is 25.7 Å². The smallest absolute Gasteiger partial charge is 0.0667 e. The summed E-state index contributed by atoms with van der Waals surface area (Å²) in [5, 5.41) is 3.51. The third-order valence-corrected chi connectivity index (χ3v) is 2.87. The van der Waals surface area contributed by atoms with E-state index in [0.29, 0.717) is 18.2 Å². The van der Waals surface area contributed by atoms with Gasteiger partial charge in [-0.25, -0.2) is 0 Å². The molecular formula is C10H22N2O. The average Bonchev–Trinajstić information content (AvgIpc) is 2.16. The van der Waals surface area contributed by atoms with Crippen molar-refractivity contribution in [3.63, 3.8) is 0 Å². The summed E-state index contributed by atoms with van der Waals surface area (Å²) in [7, 11) is 1.75. The maximum atomic E-state index is 5.83. The lowest BCUT2D eigenvalue weighted by atomic mass is 9.92. The number of ether oxygens (including phenoxy) is 1. The van der Waals surface area contributed by atoms with Crippen molar-refractivity contribution in [2.24, 2.45) is 5.73 Å². The van der Waals surface area contributed by atoms with Gasteiger partial charge in [-0.1, -0.05) is 0 Å². The summed E-state index contributed by atoms with van der Waals surface area (Å²) < 4.78 is 5.18. The normalized spacial score (nSPS) is 31.6. The molecule has 0 aromatic heterocycles. The van der Waals surface area contributed by atoms with Crippen LogP contribution in [0.15, 0.2) is 0 Å². The van der Waals surface area contributed by atoms with Crippen LogP contribution >= 0.6 is 0 Å². The lowest BCUT2D eigenvalue weighted by Crippen LogP contribution is -2.40. The Morgan fingerprint density at radius 2 is 2.00 bits per heavy atom. The lowest BCUT2D eigenvalue weighted by molar-refractivity contribution is 0.112. The Morgan fingerprint density at radius 1 is 1.38 bits per heavy atom. The van der Waals surface area contributed by atoms with E-state index in [-0.39, 0.29) is 0 Å². The molecule has 1 aliphatic carbocycles. The molecule has 0 aromatic carbocycles. The van der Waals surface area contributed by atoms with Gasteiger partial charge in [0.05, 0.1) is 6.10 Å². The first-order valence-corrected chi connectivity index (χ1v) is 5.24. The number of rotatable bonds is 4. The summed E-state index contributed by atoms with van der Waals surface area (Å²) in [5.74, 6) is 0. The maximum Gasteiger partial charge on any atom is 0.0667 e. The lowest BCUT2D eigenvalue weighted by Gasteiger charge is -2.27. The topological polar surface area (TPSA) is 47.3 Å². The molecule has 0 heterocycles. The van der Waals surface area contributed by atoms with Crippen molar-refractivity contribution in [2.45, 2.75) is 50.8 Å². The van der Waals surface area contributed by atoms with E-state index in [1.54, 1.807) is 7.11 Å². The Balaban J connectivity index is 2.08. The quantitative estimate of drug-likeness (QED) is 0.685. The molecular weight excluding hydrogens is 164 g/mol. The molecule has 13 heavy (non-hydrogen) atoms. The van der Waals surface area contributed by atoms with Gasteiger partial charge in [0.25, 0.3) is 0 Å². The zero-order chi connectivity index (χ0) is 9.68. The minimum Gasteiger partial charge on any atom is -0.380 e. The Morgan fingerprint density at radius 3 is 2.54 bits per heavy atom. The Hall–Kier alpha value is -0.120. The largest absolute Gasteiger partial charge is 0.380 e. The molecule has 3 N–H and O–H groups in total. The fraction of sp³-hybridized carbons (Fsp3) is 1.00. The molecule has 0 spiro atoms. The van der Waals surface area contributed by atoms with Gasteiger partial charge in [0.15, 0.2) is 0 Å². The SMILES string of the molecule is COC(C)CNC1CCC(N)CC1. The van der Waals surface area contributed by atoms with Crippen molar-refractivity contribution >= 4 is 0 Å². The highest BCUT2D eigenvalue weighted by atomic mass is 16.5. The highest BCUT2D eigenvalue weighted by molar-refractivity contribution is 4.79. The van der Waals surface area contributed by atoms with E-state index in [9.17, 15) is 0 Å². The molecule has 0 amide bonds. The molecule has 3 heteroatoms. The standard InChI is InChI=1S/C10H22N2O/c1-8(13-2)7-12-10-5-3-9(11)4-6-10/h8-10,12H,3-7,11H2,1-2H3. The van der Waals surface area contributed by atoms with Gasteiger partial charge >= 0.3 is 0 Å². The molecule has 3 nitrogen and oxygen atoms in total. The highest BCUT2D eigenvalue weighted by Crippen LogP contribution is 2.16. The van der Waals surface area contributed by atoms with Crippen molar-refractivity contribution in [1.29, 1.82) is 0 Å². The first-order valence-electron chi connectivity index (χ1n) is 5.24. The van der Waals surface area contributed by atoms with Crippen LogP contribution in [0, 0.1) is 0 Å². The molecule has 0 aliphatic heterocycles. The Bertz CT molecular complexity index is 133. The summed E-state index contributed by atoms with van der Waals surface area (Å²) in [4.78, 5) is 0. The zero-order valence-corrected chi connectivity index (χ0v) is 8.75. The maximum absolute atomic E-state index is 5.83. The minimum absolute atomic E-state index is 0.315. The van der Waals surface area contributed by atoms with Gasteiger partial charge in [-0.3, -0.25) is 0 Å². The zero-order valence-electron chi connectivity index (χ0n) is 8.75. The van der Waals surface area contributed by atoms with Gasteiger partial charge in [-0.05, 0) is 32.6 Å². The predicted molar refractivity (Wildman–Crippen MR) is 54.7 cm³/mol. The van der Waals surface area contributed by atoms with Crippen LogP contribution in [-0.2, 0) is 4.74 Å². The van der Waals surface area contributed by atoms with Crippen molar-refractivity contribution in [2.75, 3.05) is 13.7 Å². The second kappa shape index (κ2) is 5.58. The number of hydrogen-bond acceptors (Lipinski definition) is 3. The molecule has 78 valence electrons. The summed E-state index contributed by atoms with van der Waals surface area (Å²) in [6.45, 7) is 3.04. The third-order valence-electron chi connectivity index (χ3n) is 2.87. The van der Waals surface area contributed by atoms with Crippen LogP contribution < -0.4 is 11.1 Å². The van der Waals surface area contributed by atoms with E-state index in [2.05, 4.69) is 12.2 Å². The first kappa shape index (κ1) is 11.0. The van der Waals surface area contributed by atoms with E-state index in [4.69, 9.17) is 10.5 Å². The predicted octanol–water partition coefficient (Wildman–Crippen LogP) is 0.881. The van der Waals surface area contributed by atoms with Crippen LogP contribution in [0.5, 0.6) is 0 Å². The molecule has 1 saturated carbocycles. The van der Waals surface area contributed by atoms with E-state index in [1.165, 1.54) is 25.7 Å². The van der Waals surface area contributed by atoms with Crippen LogP contribution in [-0.4, -0.2) is 31.8 Å². The second-order valence-electron chi connectivity index (χ2n) is 4.07. The van der Waals surface area contributed by atoms with Crippen LogP contribution in [0.4, 0.5) is 0 Å². The van der Waals surface area contributed by atoms with Crippen LogP contribution in [0.1, 0.15) is 32.6 Å². The summed E-state index contributed by atoms with van der Waals surface area (Å²) in [6.07, 6.45) is 5.09. The summed E-state index contributed by atoms with van der Waals surface area (Å²) >= 11 is 0. The summed E-state index contributed by atoms with van der Waals surface area (Å²) in [5.41, 5.74) is 5.83. The molecule has 0 saturated heterocycles. The highest BCUT2D eigenvalue weighted by Gasteiger charge is 2.18. The van der Waals surface area contributed by atoms with E-state index < -0.39 is 0 Å². The van der Waals surface area contributed by atoms with Crippen LogP contribution in [0.3, 0.4) is 0 Å². The number of nitrogens with one attached hydrogen (secondary N) is 1. The van der Waals surface area contributed by atoms with Gasteiger partial charge in [0.1, 0.15) is 0 Å². The van der Waals surface area contributed by atoms with E-state index >= 15 is 0 Å². The van der Waals surface area contributed by atoms with Crippen molar-refractivity contribution in [3.05, 3.63) is 0 Å². The van der Waals surface area contributed by atoms with Crippen molar-refractivity contribution in [3.8, 4) is 0 Å². The Labute approximate surface area is 81.0 Å². The molecule has 0 radical (unpaired) electrons. The average molecular weight is 186 g/mol. The molecule has 0 aromatic rings. The molecule has 0 bridgehead atoms. The third kappa shape index (κ3) is 4.07. The van der Waals surface area contributed by atoms with Gasteiger partial charge < -0.3 is 15.8 Å². The number of methoxy groups -OCH3 is 1. The van der Waals surface area contributed by atoms with Gasteiger partial charge in [-0.15, -0.1) is 0 Å². The summed E-state index contributed by atoms with van der Waals surface area (Å²) in [6, 6.07) is 1.11. The van der Waals surface area contributed by atoms with Gasteiger partial charge in [0.2, 0.25) is 0 Å². The molecule has 1 fully saturated rings. The number of hydrogen-bond donors (Lipinski definition) is 2. The molecule has 1 unspecified atom stereocenters.